The first-order valence-corrected chi connectivity index (χ1v) is 7.53. The quantitative estimate of drug-likeness (QED) is 0.507. The van der Waals surface area contributed by atoms with Crippen molar-refractivity contribution in [1.82, 2.24) is 9.55 Å². The van der Waals surface area contributed by atoms with E-state index in [0.29, 0.717) is 0 Å². The lowest BCUT2D eigenvalue weighted by Gasteiger charge is -1.98. The molecule has 0 radical (unpaired) electrons. The molecule has 1 aliphatic carbocycles. The third-order valence-corrected chi connectivity index (χ3v) is 4.78. The summed E-state index contributed by atoms with van der Waals surface area (Å²) in [6.45, 7) is 0. The van der Waals surface area contributed by atoms with Crippen molar-refractivity contribution in [2.45, 2.75) is 12.8 Å². The molecule has 2 heterocycles. The Labute approximate surface area is 122 Å². The first-order valence-electron chi connectivity index (χ1n) is 7.53. The van der Waals surface area contributed by atoms with E-state index in [2.05, 4.69) is 65.1 Å². The second-order valence-electron chi connectivity index (χ2n) is 5.90. The Kier molecular flexibility index (Phi) is 2.02. The van der Waals surface area contributed by atoms with Crippen LogP contribution in [-0.2, 0) is 7.05 Å². The van der Waals surface area contributed by atoms with E-state index in [-0.39, 0.29) is 0 Å². The molecule has 4 aromatic rings. The van der Waals surface area contributed by atoms with Crippen molar-refractivity contribution in [2.24, 2.45) is 7.05 Å². The molecule has 0 atom stereocenters. The molecule has 0 spiro atoms. The smallest absolute Gasteiger partial charge is 0.0566 e. The number of nitrogens with one attached hydrogen (secondary N) is 1. The molecule has 2 aromatic carbocycles. The molecule has 2 heteroatoms. The van der Waals surface area contributed by atoms with Gasteiger partial charge in [-0.25, -0.2) is 0 Å². The Balaban J connectivity index is 2.16. The molecule has 0 unspecified atom stereocenters. The maximum Gasteiger partial charge on any atom is 0.0566 e. The lowest BCUT2D eigenvalue weighted by molar-refractivity contribution is 1.01. The van der Waals surface area contributed by atoms with E-state index in [1.54, 1.807) is 0 Å². The number of para-hydroxylation sites is 1. The molecule has 0 saturated carbocycles. The van der Waals surface area contributed by atoms with Crippen LogP contribution in [0.3, 0.4) is 0 Å². The summed E-state index contributed by atoms with van der Waals surface area (Å²) in [4.78, 5) is 3.66. The molecule has 0 fully saturated rings. The van der Waals surface area contributed by atoms with Gasteiger partial charge in [0.2, 0.25) is 0 Å². The van der Waals surface area contributed by atoms with Crippen molar-refractivity contribution >= 4 is 44.9 Å². The van der Waals surface area contributed by atoms with Crippen LogP contribution in [-0.4, -0.2) is 9.55 Å². The molecule has 5 rings (SSSR count). The third-order valence-electron chi connectivity index (χ3n) is 4.78. The summed E-state index contributed by atoms with van der Waals surface area (Å²) >= 11 is 0. The number of fused-ring (bicyclic) bond motifs is 7. The van der Waals surface area contributed by atoms with E-state index in [0.717, 1.165) is 12.8 Å². The molecule has 0 bridgehead atoms. The number of benzene rings is 2. The maximum atomic E-state index is 3.66. The molecule has 21 heavy (non-hydrogen) atoms. The number of nitrogens with zero attached hydrogens (tertiary/aromatic N) is 1. The minimum absolute atomic E-state index is 1.14. The molecule has 102 valence electrons. The maximum absolute atomic E-state index is 3.66. The number of hydrogen-bond donors (Lipinski definition) is 1. The monoisotopic (exact) mass is 272 g/mol. The van der Waals surface area contributed by atoms with Gasteiger partial charge in [0.15, 0.2) is 0 Å². The third kappa shape index (κ3) is 1.32. The average Bonchev–Trinajstić information content (AvgIpc) is 3.04. The summed E-state index contributed by atoms with van der Waals surface area (Å²) in [6.07, 6.45) is 6.98. The van der Waals surface area contributed by atoms with Gasteiger partial charge in [0, 0.05) is 39.3 Å². The Morgan fingerprint density at radius 2 is 1.76 bits per heavy atom. The van der Waals surface area contributed by atoms with Gasteiger partial charge in [-0.15, -0.1) is 0 Å². The van der Waals surface area contributed by atoms with Gasteiger partial charge < -0.3 is 9.55 Å². The predicted molar refractivity (Wildman–Crippen MR) is 89.7 cm³/mol. The highest BCUT2D eigenvalue weighted by Crippen LogP contribution is 2.31. The first-order chi connectivity index (χ1) is 10.3. The number of hydrogen-bond acceptors (Lipinski definition) is 0. The lowest BCUT2D eigenvalue weighted by Crippen LogP contribution is -2.24. The van der Waals surface area contributed by atoms with Gasteiger partial charge in [-0.2, -0.15) is 0 Å². The zero-order valence-corrected chi connectivity index (χ0v) is 12.0. The summed E-state index contributed by atoms with van der Waals surface area (Å²) in [5, 5.41) is 6.70. The molecule has 0 aliphatic heterocycles. The number of aromatic nitrogens is 2. The van der Waals surface area contributed by atoms with Crippen LogP contribution in [0, 0.1) is 0 Å². The fourth-order valence-corrected chi connectivity index (χ4v) is 3.79. The molecule has 0 saturated heterocycles. The van der Waals surface area contributed by atoms with Crippen molar-refractivity contribution in [3.63, 3.8) is 0 Å². The second kappa shape index (κ2) is 3.79. The molecule has 1 aliphatic rings. The predicted octanol–water partition coefficient (Wildman–Crippen LogP) is 3.17. The van der Waals surface area contributed by atoms with Crippen LogP contribution in [0.25, 0.3) is 44.9 Å². The first kappa shape index (κ1) is 11.2. The van der Waals surface area contributed by atoms with Gasteiger partial charge >= 0.3 is 0 Å². The van der Waals surface area contributed by atoms with Gasteiger partial charge in [-0.05, 0) is 25.0 Å². The highest BCUT2D eigenvalue weighted by molar-refractivity contribution is 6.19. The minimum atomic E-state index is 1.14. The zero-order valence-electron chi connectivity index (χ0n) is 12.0. The van der Waals surface area contributed by atoms with E-state index in [1.165, 1.54) is 43.3 Å². The SMILES string of the molecule is Cn1c2ccccc2c2c3[nH]c4c(c3ccc21)=CCCC=4. The van der Waals surface area contributed by atoms with Crippen LogP contribution < -0.4 is 10.6 Å². The number of aryl methyl sites for hydroxylation is 1. The van der Waals surface area contributed by atoms with Gasteiger partial charge in [0.05, 0.1) is 11.0 Å². The minimum Gasteiger partial charge on any atom is -0.354 e. The van der Waals surface area contributed by atoms with Crippen LogP contribution in [0.1, 0.15) is 12.8 Å². The van der Waals surface area contributed by atoms with E-state index in [1.807, 2.05) is 0 Å². The van der Waals surface area contributed by atoms with Crippen molar-refractivity contribution in [3.8, 4) is 0 Å². The fraction of sp³-hybridized carbons (Fsp3) is 0.158. The molecule has 2 nitrogen and oxygen atoms in total. The highest BCUT2D eigenvalue weighted by Gasteiger charge is 2.13. The van der Waals surface area contributed by atoms with Crippen LogP contribution in [0.4, 0.5) is 0 Å². The molecular formula is C19H16N2. The van der Waals surface area contributed by atoms with E-state index in [4.69, 9.17) is 0 Å². The van der Waals surface area contributed by atoms with E-state index >= 15 is 0 Å². The van der Waals surface area contributed by atoms with Crippen molar-refractivity contribution in [2.75, 3.05) is 0 Å². The largest absolute Gasteiger partial charge is 0.354 e. The van der Waals surface area contributed by atoms with Crippen LogP contribution >= 0.6 is 0 Å². The summed E-state index contributed by atoms with van der Waals surface area (Å²) in [7, 11) is 2.15. The number of H-pyrrole nitrogens is 1. The Morgan fingerprint density at radius 3 is 2.71 bits per heavy atom. The second-order valence-corrected chi connectivity index (χ2v) is 5.90. The summed E-state index contributed by atoms with van der Waals surface area (Å²) in [6, 6.07) is 13.2. The average molecular weight is 272 g/mol. The Bertz CT molecular complexity index is 1140. The molecular weight excluding hydrogens is 256 g/mol. The standard InChI is InChI=1S/C19H16N2/c1-21-16-9-5-3-7-14(16)18-17(21)11-10-13-12-6-2-4-8-15(12)20-19(13)18/h3,5-11,20H,2,4H2,1H3. The van der Waals surface area contributed by atoms with Crippen molar-refractivity contribution in [1.29, 1.82) is 0 Å². The Hall–Kier alpha value is -2.48. The summed E-state index contributed by atoms with van der Waals surface area (Å²) in [5.41, 5.74) is 3.87. The highest BCUT2D eigenvalue weighted by atomic mass is 14.9. The number of rotatable bonds is 0. The molecule has 2 aromatic heterocycles. The van der Waals surface area contributed by atoms with Gasteiger partial charge in [-0.1, -0.05) is 36.4 Å². The fourth-order valence-electron chi connectivity index (χ4n) is 3.79. The van der Waals surface area contributed by atoms with Crippen LogP contribution in [0.15, 0.2) is 36.4 Å². The summed E-state index contributed by atoms with van der Waals surface area (Å²) in [5.74, 6) is 0. The zero-order chi connectivity index (χ0) is 14.0. The normalized spacial score (nSPS) is 14.3. The Morgan fingerprint density at radius 1 is 0.905 bits per heavy atom. The lowest BCUT2D eigenvalue weighted by atomic mass is 10.1. The van der Waals surface area contributed by atoms with Crippen molar-refractivity contribution < 1.29 is 0 Å². The van der Waals surface area contributed by atoms with E-state index in [9.17, 15) is 0 Å². The van der Waals surface area contributed by atoms with Crippen LogP contribution in [0.2, 0.25) is 0 Å². The van der Waals surface area contributed by atoms with Gasteiger partial charge in [-0.3, -0.25) is 0 Å². The number of aromatic amines is 1. The van der Waals surface area contributed by atoms with Crippen molar-refractivity contribution in [3.05, 3.63) is 47.0 Å². The van der Waals surface area contributed by atoms with Crippen LogP contribution in [0.5, 0.6) is 0 Å². The topological polar surface area (TPSA) is 20.7 Å². The van der Waals surface area contributed by atoms with Gasteiger partial charge in [0.1, 0.15) is 0 Å². The molecule has 0 amide bonds. The van der Waals surface area contributed by atoms with Gasteiger partial charge in [0.25, 0.3) is 0 Å². The molecule has 1 N–H and O–H groups in total. The summed E-state index contributed by atoms with van der Waals surface area (Å²) < 4.78 is 2.29. The van der Waals surface area contributed by atoms with E-state index < -0.39 is 0 Å².